The van der Waals surface area contributed by atoms with Gasteiger partial charge in [0, 0.05) is 5.54 Å². The fourth-order valence-corrected chi connectivity index (χ4v) is 2.79. The van der Waals surface area contributed by atoms with Gasteiger partial charge in [0.15, 0.2) is 0 Å². The zero-order valence-corrected chi connectivity index (χ0v) is 16.5. The number of unbranched alkanes of at least 4 members (excludes halogenated alkanes) is 2. The van der Waals surface area contributed by atoms with E-state index in [0.29, 0.717) is 5.41 Å². The Labute approximate surface area is 135 Å². The van der Waals surface area contributed by atoms with Crippen molar-refractivity contribution in [2.45, 2.75) is 79.2 Å². The number of nitrogens with one attached hydrogen (secondary N) is 1. The molecule has 0 saturated heterocycles. The highest BCUT2D eigenvalue weighted by atomic mass is 15.3. The van der Waals surface area contributed by atoms with Crippen LogP contribution in [0.4, 0.5) is 0 Å². The van der Waals surface area contributed by atoms with Gasteiger partial charge in [-0.3, -0.25) is 0 Å². The maximum absolute atomic E-state index is 3.64. The zero-order chi connectivity index (χ0) is 16.7. The molecule has 1 N–H and O–H groups in total. The quantitative estimate of drug-likeness (QED) is 0.481. The predicted octanol–water partition coefficient (Wildman–Crippen LogP) is 4.69. The van der Waals surface area contributed by atoms with Crippen molar-refractivity contribution in [2.75, 3.05) is 34.2 Å². The summed E-state index contributed by atoms with van der Waals surface area (Å²) in [4.78, 5) is 0. The molecule has 0 spiro atoms. The lowest BCUT2D eigenvalue weighted by Gasteiger charge is -2.32. The SMILES string of the molecule is CC(C)(C)NCCC(CCCCC[N+](C)(C)C)C(C)(C)C. The summed E-state index contributed by atoms with van der Waals surface area (Å²) >= 11 is 0. The van der Waals surface area contributed by atoms with Crippen molar-refractivity contribution in [3.63, 3.8) is 0 Å². The molecule has 2 nitrogen and oxygen atoms in total. The Hall–Kier alpha value is -0.0800. The number of nitrogens with zero attached hydrogens (tertiary/aromatic N) is 1. The molecule has 0 saturated carbocycles. The van der Waals surface area contributed by atoms with Gasteiger partial charge >= 0.3 is 0 Å². The minimum Gasteiger partial charge on any atom is -0.331 e. The van der Waals surface area contributed by atoms with Crippen LogP contribution >= 0.6 is 0 Å². The first-order chi connectivity index (χ1) is 9.31. The van der Waals surface area contributed by atoms with Gasteiger partial charge < -0.3 is 9.80 Å². The van der Waals surface area contributed by atoms with Crippen LogP contribution in [0.3, 0.4) is 0 Å². The molecule has 0 fully saturated rings. The van der Waals surface area contributed by atoms with Crippen LogP contribution in [0.2, 0.25) is 0 Å². The lowest BCUT2D eigenvalue weighted by atomic mass is 9.76. The minimum atomic E-state index is 0.243. The summed E-state index contributed by atoms with van der Waals surface area (Å²) in [6.07, 6.45) is 6.81. The van der Waals surface area contributed by atoms with Crippen molar-refractivity contribution >= 4 is 0 Å². The van der Waals surface area contributed by atoms with E-state index >= 15 is 0 Å². The molecule has 0 aromatic rings. The van der Waals surface area contributed by atoms with E-state index in [9.17, 15) is 0 Å². The first-order valence-corrected chi connectivity index (χ1v) is 8.87. The van der Waals surface area contributed by atoms with Gasteiger partial charge in [-0.15, -0.1) is 0 Å². The third kappa shape index (κ3) is 13.3. The van der Waals surface area contributed by atoms with E-state index in [1.807, 2.05) is 0 Å². The molecule has 0 rings (SSSR count). The fourth-order valence-electron chi connectivity index (χ4n) is 2.79. The Morgan fingerprint density at radius 2 is 1.38 bits per heavy atom. The number of quaternary nitrogens is 1. The number of hydrogen-bond acceptors (Lipinski definition) is 1. The second kappa shape index (κ2) is 8.53. The second-order valence-electron chi connectivity index (χ2n) is 9.89. The summed E-state index contributed by atoms with van der Waals surface area (Å²) in [5.74, 6) is 0.830. The molecule has 0 aliphatic rings. The number of rotatable bonds is 9. The average Bonchev–Trinajstić information content (AvgIpc) is 2.21. The molecule has 0 aromatic heterocycles. The molecule has 0 bridgehead atoms. The highest BCUT2D eigenvalue weighted by Gasteiger charge is 2.24. The zero-order valence-electron chi connectivity index (χ0n) is 16.5. The maximum atomic E-state index is 3.64. The smallest absolute Gasteiger partial charge is 0.0780 e. The Bertz CT molecular complexity index is 263. The molecule has 0 heterocycles. The van der Waals surface area contributed by atoms with Crippen LogP contribution in [-0.2, 0) is 0 Å². The van der Waals surface area contributed by atoms with E-state index in [2.05, 4.69) is 68.0 Å². The van der Waals surface area contributed by atoms with Crippen LogP contribution in [0.1, 0.15) is 73.6 Å². The van der Waals surface area contributed by atoms with E-state index in [4.69, 9.17) is 0 Å². The molecule has 0 amide bonds. The van der Waals surface area contributed by atoms with Crippen LogP contribution < -0.4 is 5.32 Å². The lowest BCUT2D eigenvalue weighted by Crippen LogP contribution is -2.38. The molecule has 0 aromatic carbocycles. The van der Waals surface area contributed by atoms with Crippen LogP contribution in [0, 0.1) is 11.3 Å². The molecule has 2 heteroatoms. The lowest BCUT2D eigenvalue weighted by molar-refractivity contribution is -0.870. The Balaban J connectivity index is 4.04. The van der Waals surface area contributed by atoms with E-state index in [1.165, 1.54) is 38.6 Å². The Morgan fingerprint density at radius 3 is 1.81 bits per heavy atom. The van der Waals surface area contributed by atoms with Crippen LogP contribution in [0.5, 0.6) is 0 Å². The third-order valence-electron chi connectivity index (χ3n) is 4.25. The molecular weight excluding hydrogens is 256 g/mol. The predicted molar refractivity (Wildman–Crippen MR) is 96.7 cm³/mol. The highest BCUT2D eigenvalue weighted by Crippen LogP contribution is 2.33. The Morgan fingerprint density at radius 1 is 0.810 bits per heavy atom. The van der Waals surface area contributed by atoms with Gasteiger partial charge in [0.1, 0.15) is 0 Å². The van der Waals surface area contributed by atoms with Gasteiger partial charge in [-0.1, -0.05) is 27.2 Å². The molecule has 1 unspecified atom stereocenters. The minimum absolute atomic E-state index is 0.243. The topological polar surface area (TPSA) is 12.0 Å². The van der Waals surface area contributed by atoms with Crippen LogP contribution in [0.15, 0.2) is 0 Å². The summed E-state index contributed by atoms with van der Waals surface area (Å²) < 4.78 is 1.10. The van der Waals surface area contributed by atoms with Gasteiger partial charge in [-0.2, -0.15) is 0 Å². The molecule has 128 valence electrons. The summed E-state index contributed by atoms with van der Waals surface area (Å²) in [6.45, 7) is 16.4. The first-order valence-electron chi connectivity index (χ1n) is 8.87. The van der Waals surface area contributed by atoms with Crippen molar-refractivity contribution in [3.8, 4) is 0 Å². The van der Waals surface area contributed by atoms with Crippen LogP contribution in [0.25, 0.3) is 0 Å². The van der Waals surface area contributed by atoms with Crippen molar-refractivity contribution in [3.05, 3.63) is 0 Å². The van der Waals surface area contributed by atoms with Gasteiger partial charge in [0.05, 0.1) is 27.7 Å². The average molecular weight is 300 g/mol. The second-order valence-corrected chi connectivity index (χ2v) is 9.89. The summed E-state index contributed by atoms with van der Waals surface area (Å²) in [5.41, 5.74) is 0.673. The molecule has 0 radical (unpaired) electrons. The summed E-state index contributed by atoms with van der Waals surface area (Å²) in [6, 6.07) is 0. The van der Waals surface area contributed by atoms with Crippen molar-refractivity contribution in [2.24, 2.45) is 11.3 Å². The normalized spacial score (nSPS) is 15.3. The van der Waals surface area contributed by atoms with Gasteiger partial charge in [-0.05, 0) is 64.3 Å². The van der Waals surface area contributed by atoms with Crippen molar-refractivity contribution in [1.82, 2.24) is 5.32 Å². The molecule has 1 atom stereocenters. The monoisotopic (exact) mass is 299 g/mol. The summed E-state index contributed by atoms with van der Waals surface area (Å²) in [7, 11) is 6.86. The fraction of sp³-hybridized carbons (Fsp3) is 1.00. The van der Waals surface area contributed by atoms with E-state index in [-0.39, 0.29) is 5.54 Å². The van der Waals surface area contributed by atoms with Crippen molar-refractivity contribution in [1.29, 1.82) is 0 Å². The first kappa shape index (κ1) is 20.9. The standard InChI is InChI=1S/C19H43N2/c1-18(2,3)17(14-15-20-19(4,5)6)13-11-10-12-16-21(7,8)9/h17,20H,10-16H2,1-9H3/q+1. The van der Waals surface area contributed by atoms with Gasteiger partial charge in [0.2, 0.25) is 0 Å². The van der Waals surface area contributed by atoms with Gasteiger partial charge in [0.25, 0.3) is 0 Å². The number of hydrogen-bond donors (Lipinski definition) is 1. The largest absolute Gasteiger partial charge is 0.331 e. The molecule has 0 aliphatic heterocycles. The highest BCUT2D eigenvalue weighted by molar-refractivity contribution is 4.77. The van der Waals surface area contributed by atoms with E-state index in [1.54, 1.807) is 0 Å². The maximum Gasteiger partial charge on any atom is 0.0780 e. The third-order valence-corrected chi connectivity index (χ3v) is 4.25. The summed E-state index contributed by atoms with van der Waals surface area (Å²) in [5, 5.41) is 3.64. The van der Waals surface area contributed by atoms with Gasteiger partial charge in [-0.25, -0.2) is 0 Å². The Kier molecular flexibility index (Phi) is 8.49. The van der Waals surface area contributed by atoms with E-state index in [0.717, 1.165) is 16.9 Å². The molecule has 0 aliphatic carbocycles. The molecule has 21 heavy (non-hydrogen) atoms. The van der Waals surface area contributed by atoms with E-state index < -0.39 is 0 Å². The molecular formula is C19H43N2+. The van der Waals surface area contributed by atoms with Crippen molar-refractivity contribution < 1.29 is 4.48 Å². The van der Waals surface area contributed by atoms with Crippen LogP contribution in [-0.4, -0.2) is 44.3 Å².